The number of hydrogen-bond donors (Lipinski definition) is 0. The van der Waals surface area contributed by atoms with Crippen molar-refractivity contribution in [2.75, 3.05) is 4.90 Å². The summed E-state index contributed by atoms with van der Waals surface area (Å²) >= 11 is 0. The van der Waals surface area contributed by atoms with E-state index in [1.54, 1.807) is 0 Å². The Balaban J connectivity index is 0.000000219. The quantitative estimate of drug-likeness (QED) is 0.165. The fourth-order valence-corrected chi connectivity index (χ4v) is 5.20. The van der Waals surface area contributed by atoms with Crippen LogP contribution in [0, 0.1) is 34.6 Å². The minimum absolute atomic E-state index is 1.15. The van der Waals surface area contributed by atoms with Crippen LogP contribution in [0.4, 0.5) is 17.1 Å². The molecule has 0 aliphatic rings. The largest absolute Gasteiger partial charge is 0.311 e. The zero-order valence-electron chi connectivity index (χ0n) is 27.6. The summed E-state index contributed by atoms with van der Waals surface area (Å²) in [5.41, 5.74) is 14.8. The van der Waals surface area contributed by atoms with Gasteiger partial charge in [0.2, 0.25) is 0 Å². The fraction of sp³-hybridized carbons (Fsp3) is 0.111. The van der Waals surface area contributed by atoms with E-state index in [1.165, 1.54) is 50.1 Å². The lowest BCUT2D eigenvalue weighted by Gasteiger charge is -2.25. The number of hydrogen-bond acceptors (Lipinski definition) is 1. The van der Waals surface area contributed by atoms with Gasteiger partial charge in [0.15, 0.2) is 0 Å². The van der Waals surface area contributed by atoms with Gasteiger partial charge in [0.05, 0.1) is 0 Å². The number of benzene rings is 6. The predicted octanol–water partition coefficient (Wildman–Crippen LogP) is 12.7. The van der Waals surface area contributed by atoms with Crippen molar-refractivity contribution in [2.45, 2.75) is 34.6 Å². The van der Waals surface area contributed by atoms with Crippen LogP contribution in [0.2, 0.25) is 0 Å². The third kappa shape index (κ3) is 9.06. The summed E-state index contributed by atoms with van der Waals surface area (Å²) in [6.07, 6.45) is 8.64. The van der Waals surface area contributed by atoms with Crippen LogP contribution in [0.1, 0.15) is 50.1 Å². The Labute approximate surface area is 275 Å². The molecule has 0 radical (unpaired) electrons. The first kappa shape index (κ1) is 32.0. The summed E-state index contributed by atoms with van der Waals surface area (Å²) in [6.45, 7) is 10.6. The summed E-state index contributed by atoms with van der Waals surface area (Å²) in [7, 11) is 0. The van der Waals surface area contributed by atoms with Crippen molar-refractivity contribution < 1.29 is 0 Å². The van der Waals surface area contributed by atoms with Gasteiger partial charge >= 0.3 is 0 Å². The van der Waals surface area contributed by atoms with Crippen LogP contribution >= 0.6 is 0 Å². The molecule has 0 bridgehead atoms. The zero-order chi connectivity index (χ0) is 32.3. The summed E-state index contributed by atoms with van der Waals surface area (Å²) in [6, 6.07) is 51.6. The third-order valence-corrected chi connectivity index (χ3v) is 7.96. The molecule has 1 nitrogen and oxygen atoms in total. The number of anilines is 3. The van der Waals surface area contributed by atoms with Crippen molar-refractivity contribution >= 4 is 41.4 Å². The summed E-state index contributed by atoms with van der Waals surface area (Å²) in [5.74, 6) is 0. The molecule has 0 unspecified atom stereocenters. The first-order chi connectivity index (χ1) is 22.3. The first-order valence-electron chi connectivity index (χ1n) is 15.9. The Kier molecular flexibility index (Phi) is 10.8. The van der Waals surface area contributed by atoms with Gasteiger partial charge in [-0.25, -0.2) is 0 Å². The van der Waals surface area contributed by atoms with Gasteiger partial charge in [-0.3, -0.25) is 0 Å². The minimum atomic E-state index is 1.15. The molecule has 0 heterocycles. The Hall–Kier alpha value is -5.40. The highest BCUT2D eigenvalue weighted by molar-refractivity contribution is 5.78. The molecule has 0 aliphatic carbocycles. The maximum absolute atomic E-state index is 2.30. The minimum Gasteiger partial charge on any atom is -0.311 e. The van der Waals surface area contributed by atoms with Crippen molar-refractivity contribution in [3.63, 3.8) is 0 Å². The Morgan fingerprint density at radius 2 is 0.717 bits per heavy atom. The molecule has 46 heavy (non-hydrogen) atoms. The van der Waals surface area contributed by atoms with Crippen molar-refractivity contribution in [2.24, 2.45) is 0 Å². The molecule has 0 amide bonds. The number of rotatable bonds is 7. The molecule has 228 valence electrons. The lowest BCUT2D eigenvalue weighted by molar-refractivity contribution is 1.27. The van der Waals surface area contributed by atoms with Crippen molar-refractivity contribution in [3.8, 4) is 0 Å². The highest BCUT2D eigenvalue weighted by Crippen LogP contribution is 2.35. The molecular formula is C45H43N. The van der Waals surface area contributed by atoms with Gasteiger partial charge in [-0.15, -0.1) is 0 Å². The summed E-state index contributed by atoms with van der Waals surface area (Å²) in [4.78, 5) is 2.30. The van der Waals surface area contributed by atoms with Gasteiger partial charge in [-0.1, -0.05) is 156 Å². The lowest BCUT2D eigenvalue weighted by Crippen LogP contribution is -2.09. The standard InChI is InChI=1S/C29H27N.C16H16/c1-22-4-10-25(11-5-22)12-13-26-14-20-29(21-15-26)30(27-16-6-23(2)7-17-27)28-18-8-24(3)9-19-28;1-13-8-10-16(14(2)12-13)11-9-15-6-4-3-5-7-15/h4-21H,1-3H3;3-12H,1-2H3/b13-12+;11-9+. The molecule has 6 rings (SSSR count). The average Bonchev–Trinajstić information content (AvgIpc) is 3.07. The van der Waals surface area contributed by atoms with Crippen LogP contribution in [0.3, 0.4) is 0 Å². The SMILES string of the molecule is Cc1ccc(/C=C/c2ccc(N(c3ccc(C)cc3)c3ccc(C)cc3)cc2)cc1.Cc1ccc(/C=C/c2ccccc2)c(C)c1. The Bertz CT molecular complexity index is 1830. The van der Waals surface area contributed by atoms with E-state index in [2.05, 4.69) is 203 Å². The monoisotopic (exact) mass is 597 g/mol. The first-order valence-corrected chi connectivity index (χ1v) is 15.9. The van der Waals surface area contributed by atoms with Gasteiger partial charge < -0.3 is 4.90 Å². The molecule has 6 aromatic carbocycles. The van der Waals surface area contributed by atoms with Crippen LogP contribution in [0.5, 0.6) is 0 Å². The second-order valence-electron chi connectivity index (χ2n) is 11.9. The van der Waals surface area contributed by atoms with E-state index >= 15 is 0 Å². The van der Waals surface area contributed by atoms with Gasteiger partial charge in [0.25, 0.3) is 0 Å². The van der Waals surface area contributed by atoms with Crippen molar-refractivity contribution in [1.82, 2.24) is 0 Å². The summed E-state index contributed by atoms with van der Waals surface area (Å²) in [5, 5.41) is 0. The Morgan fingerprint density at radius 3 is 1.20 bits per heavy atom. The molecule has 0 saturated carbocycles. The topological polar surface area (TPSA) is 3.24 Å². The molecule has 0 N–H and O–H groups in total. The average molecular weight is 598 g/mol. The van der Waals surface area contributed by atoms with Crippen LogP contribution in [-0.4, -0.2) is 0 Å². The van der Waals surface area contributed by atoms with E-state index in [-0.39, 0.29) is 0 Å². The van der Waals surface area contributed by atoms with E-state index in [4.69, 9.17) is 0 Å². The molecule has 0 aliphatic heterocycles. The van der Waals surface area contributed by atoms with Crippen LogP contribution in [0.15, 0.2) is 146 Å². The number of nitrogens with zero attached hydrogens (tertiary/aromatic N) is 1. The molecule has 1 heteroatoms. The summed E-state index contributed by atoms with van der Waals surface area (Å²) < 4.78 is 0. The Morgan fingerprint density at radius 1 is 0.348 bits per heavy atom. The molecule has 0 aromatic heterocycles. The second kappa shape index (κ2) is 15.5. The van der Waals surface area contributed by atoms with E-state index in [0.29, 0.717) is 0 Å². The zero-order valence-corrected chi connectivity index (χ0v) is 27.6. The van der Waals surface area contributed by atoms with Gasteiger partial charge in [-0.05, 0) is 98.8 Å². The van der Waals surface area contributed by atoms with E-state index < -0.39 is 0 Å². The van der Waals surface area contributed by atoms with E-state index in [1.807, 2.05) is 6.07 Å². The molecule has 0 atom stereocenters. The lowest BCUT2D eigenvalue weighted by atomic mass is 10.0. The molecule has 0 fully saturated rings. The molecular weight excluding hydrogens is 555 g/mol. The molecule has 0 spiro atoms. The fourth-order valence-electron chi connectivity index (χ4n) is 5.20. The van der Waals surface area contributed by atoms with Gasteiger partial charge in [0.1, 0.15) is 0 Å². The van der Waals surface area contributed by atoms with Gasteiger partial charge in [0, 0.05) is 17.1 Å². The molecule has 0 saturated heterocycles. The van der Waals surface area contributed by atoms with Crippen molar-refractivity contribution in [1.29, 1.82) is 0 Å². The number of aryl methyl sites for hydroxylation is 5. The maximum atomic E-state index is 2.30. The molecule has 6 aromatic rings. The van der Waals surface area contributed by atoms with Gasteiger partial charge in [-0.2, -0.15) is 0 Å². The van der Waals surface area contributed by atoms with E-state index in [9.17, 15) is 0 Å². The predicted molar refractivity (Wildman–Crippen MR) is 202 cm³/mol. The third-order valence-electron chi connectivity index (χ3n) is 7.96. The highest BCUT2D eigenvalue weighted by Gasteiger charge is 2.12. The smallest absolute Gasteiger partial charge is 0.0462 e. The highest BCUT2D eigenvalue weighted by atomic mass is 15.1. The van der Waals surface area contributed by atoms with Crippen LogP contribution in [0.25, 0.3) is 24.3 Å². The van der Waals surface area contributed by atoms with Crippen LogP contribution < -0.4 is 4.90 Å². The van der Waals surface area contributed by atoms with Crippen LogP contribution in [-0.2, 0) is 0 Å². The second-order valence-corrected chi connectivity index (χ2v) is 11.9. The normalized spacial score (nSPS) is 11.0. The van der Waals surface area contributed by atoms with Crippen molar-refractivity contribution in [3.05, 3.63) is 196 Å². The van der Waals surface area contributed by atoms with E-state index in [0.717, 1.165) is 17.1 Å². The maximum Gasteiger partial charge on any atom is 0.0462 e.